The summed E-state index contributed by atoms with van der Waals surface area (Å²) >= 11 is 0. The molecule has 0 saturated carbocycles. The highest BCUT2D eigenvalue weighted by atomic mass is 16.6. The van der Waals surface area contributed by atoms with E-state index in [1.807, 2.05) is 37.3 Å². The molecule has 2 aromatic carbocycles. The average Bonchev–Trinajstić information content (AvgIpc) is 3.45. The van der Waals surface area contributed by atoms with Crippen LogP contribution in [0.25, 0.3) is 0 Å². The lowest BCUT2D eigenvalue weighted by Crippen LogP contribution is -2.46. The van der Waals surface area contributed by atoms with Gasteiger partial charge in [-0.25, -0.2) is 0 Å². The molecule has 2 aromatic rings. The maximum Gasteiger partial charge on any atom is 0.261 e. The summed E-state index contributed by atoms with van der Waals surface area (Å²) in [4.78, 5) is 26.8. The van der Waals surface area contributed by atoms with Gasteiger partial charge in [-0.15, -0.1) is 0 Å². The smallest absolute Gasteiger partial charge is 0.261 e. The van der Waals surface area contributed by atoms with Crippen LogP contribution in [0.4, 0.5) is 0 Å². The number of amides is 2. The summed E-state index contributed by atoms with van der Waals surface area (Å²) in [7, 11) is 0. The van der Waals surface area contributed by atoms with Gasteiger partial charge in [0.15, 0.2) is 0 Å². The number of carbonyl (C=O) groups excluding carboxylic acids is 2. The quantitative estimate of drug-likeness (QED) is 0.568. The molecule has 5 heteroatoms. The van der Waals surface area contributed by atoms with Crippen molar-refractivity contribution in [2.45, 2.75) is 38.2 Å². The highest BCUT2D eigenvalue weighted by Crippen LogP contribution is 2.29. The monoisotopic (exact) mass is 351 g/mol. The molecule has 134 valence electrons. The van der Waals surface area contributed by atoms with Gasteiger partial charge < -0.3 is 9.47 Å². The van der Waals surface area contributed by atoms with Gasteiger partial charge in [-0.2, -0.15) is 0 Å². The minimum Gasteiger partial charge on any atom is -0.373 e. The lowest BCUT2D eigenvalue weighted by molar-refractivity contribution is -0.0163. The van der Waals surface area contributed by atoms with Gasteiger partial charge >= 0.3 is 0 Å². The Morgan fingerprint density at radius 2 is 1.62 bits per heavy atom. The first-order valence-electron chi connectivity index (χ1n) is 8.89. The first-order valence-corrected chi connectivity index (χ1v) is 8.89. The molecule has 2 heterocycles. The first kappa shape index (κ1) is 16.9. The maximum atomic E-state index is 12.7. The van der Waals surface area contributed by atoms with Crippen molar-refractivity contribution < 1.29 is 19.1 Å². The molecule has 2 aliphatic heterocycles. The minimum absolute atomic E-state index is 0.147. The standard InChI is InChI=1S/C21H21NO4/c1-14(22-20(23)17-9-5-6-10-18(17)21(22)24)19(11-16-13-25-16)26-12-15-7-3-2-4-8-15/h2-10,14,16,19H,11-13H2,1H3/t14-,16-,19-/m0/s1. The molecule has 2 aliphatic rings. The number of ether oxygens (including phenoxy) is 2. The Balaban J connectivity index is 1.52. The third-order valence-corrected chi connectivity index (χ3v) is 4.98. The fourth-order valence-electron chi connectivity index (χ4n) is 3.39. The van der Waals surface area contributed by atoms with E-state index >= 15 is 0 Å². The Hall–Kier alpha value is -2.50. The molecular formula is C21H21NO4. The normalized spacial score (nSPS) is 20.8. The van der Waals surface area contributed by atoms with Crippen LogP contribution in [0.1, 0.15) is 39.6 Å². The second kappa shape index (κ2) is 7.02. The Bertz CT molecular complexity index is 781. The number of fused-ring (bicyclic) bond motifs is 1. The van der Waals surface area contributed by atoms with Crippen LogP contribution in [-0.4, -0.2) is 41.6 Å². The van der Waals surface area contributed by atoms with Crippen molar-refractivity contribution in [1.82, 2.24) is 4.90 Å². The number of hydrogen-bond donors (Lipinski definition) is 0. The first-order chi connectivity index (χ1) is 12.6. The van der Waals surface area contributed by atoms with Crippen LogP contribution in [0.15, 0.2) is 54.6 Å². The van der Waals surface area contributed by atoms with Gasteiger partial charge in [-0.1, -0.05) is 42.5 Å². The van der Waals surface area contributed by atoms with Gasteiger partial charge in [0.25, 0.3) is 11.8 Å². The maximum absolute atomic E-state index is 12.7. The zero-order valence-corrected chi connectivity index (χ0v) is 14.6. The second-order valence-corrected chi connectivity index (χ2v) is 6.79. The van der Waals surface area contributed by atoms with Gasteiger partial charge in [0.1, 0.15) is 0 Å². The van der Waals surface area contributed by atoms with Crippen molar-refractivity contribution in [1.29, 1.82) is 0 Å². The molecule has 2 amide bonds. The molecule has 4 rings (SSSR count). The summed E-state index contributed by atoms with van der Waals surface area (Å²) in [5.41, 5.74) is 1.99. The third kappa shape index (κ3) is 3.28. The van der Waals surface area contributed by atoms with Gasteiger partial charge in [0.05, 0.1) is 42.6 Å². The number of imide groups is 1. The number of carbonyl (C=O) groups is 2. The second-order valence-electron chi connectivity index (χ2n) is 6.79. The van der Waals surface area contributed by atoms with Crippen LogP contribution in [0.5, 0.6) is 0 Å². The van der Waals surface area contributed by atoms with E-state index in [0.29, 0.717) is 30.8 Å². The molecule has 1 fully saturated rings. The highest BCUT2D eigenvalue weighted by Gasteiger charge is 2.42. The Morgan fingerprint density at radius 3 is 2.19 bits per heavy atom. The number of epoxide rings is 1. The third-order valence-electron chi connectivity index (χ3n) is 4.98. The molecule has 3 atom stereocenters. The number of benzene rings is 2. The predicted octanol–water partition coefficient (Wildman–Crippen LogP) is 3.05. The van der Waals surface area contributed by atoms with Gasteiger partial charge in [-0.05, 0) is 24.6 Å². The molecule has 5 nitrogen and oxygen atoms in total. The molecular weight excluding hydrogens is 330 g/mol. The predicted molar refractivity (Wildman–Crippen MR) is 95.8 cm³/mol. The molecule has 0 unspecified atom stereocenters. The Morgan fingerprint density at radius 1 is 1.04 bits per heavy atom. The zero-order valence-electron chi connectivity index (χ0n) is 14.6. The van der Waals surface area contributed by atoms with Crippen molar-refractivity contribution >= 4 is 11.8 Å². The van der Waals surface area contributed by atoms with Crippen LogP contribution in [0.3, 0.4) is 0 Å². The van der Waals surface area contributed by atoms with Crippen molar-refractivity contribution in [3.05, 3.63) is 71.3 Å². The lowest BCUT2D eigenvalue weighted by atomic mass is 10.1. The summed E-state index contributed by atoms with van der Waals surface area (Å²) in [5, 5.41) is 0. The van der Waals surface area contributed by atoms with E-state index in [9.17, 15) is 9.59 Å². The van der Waals surface area contributed by atoms with Crippen LogP contribution < -0.4 is 0 Å². The largest absolute Gasteiger partial charge is 0.373 e. The summed E-state index contributed by atoms with van der Waals surface area (Å²) in [5.74, 6) is -0.494. The molecule has 0 bridgehead atoms. The van der Waals surface area contributed by atoms with Crippen molar-refractivity contribution in [2.75, 3.05) is 6.61 Å². The summed E-state index contributed by atoms with van der Waals surface area (Å²) in [6.45, 7) is 3.02. The molecule has 1 saturated heterocycles. The highest BCUT2D eigenvalue weighted by molar-refractivity contribution is 6.21. The van der Waals surface area contributed by atoms with E-state index in [1.54, 1.807) is 24.3 Å². The average molecular weight is 351 g/mol. The molecule has 0 aliphatic carbocycles. The summed E-state index contributed by atoms with van der Waals surface area (Å²) in [6, 6.07) is 16.5. The lowest BCUT2D eigenvalue weighted by Gasteiger charge is -2.30. The van der Waals surface area contributed by atoms with Crippen LogP contribution >= 0.6 is 0 Å². The van der Waals surface area contributed by atoms with Crippen LogP contribution in [-0.2, 0) is 16.1 Å². The van der Waals surface area contributed by atoms with E-state index in [1.165, 1.54) is 4.90 Å². The molecule has 0 N–H and O–H groups in total. The fourth-order valence-corrected chi connectivity index (χ4v) is 3.39. The minimum atomic E-state index is -0.365. The SMILES string of the molecule is C[C@@H]([C@H](C[C@H]1CO1)OCc1ccccc1)N1C(=O)c2ccccc2C1=O. The Labute approximate surface area is 152 Å². The van der Waals surface area contributed by atoms with Gasteiger partial charge in [0, 0.05) is 6.42 Å². The van der Waals surface area contributed by atoms with E-state index in [-0.39, 0.29) is 30.1 Å². The van der Waals surface area contributed by atoms with E-state index < -0.39 is 0 Å². The van der Waals surface area contributed by atoms with E-state index in [0.717, 1.165) is 5.56 Å². The summed E-state index contributed by atoms with van der Waals surface area (Å²) < 4.78 is 11.5. The van der Waals surface area contributed by atoms with Crippen molar-refractivity contribution in [2.24, 2.45) is 0 Å². The molecule has 0 radical (unpaired) electrons. The molecule has 0 aromatic heterocycles. The van der Waals surface area contributed by atoms with E-state index in [2.05, 4.69) is 0 Å². The van der Waals surface area contributed by atoms with Crippen LogP contribution in [0.2, 0.25) is 0 Å². The Kier molecular flexibility index (Phi) is 4.57. The van der Waals surface area contributed by atoms with Crippen LogP contribution in [0, 0.1) is 0 Å². The van der Waals surface area contributed by atoms with Gasteiger partial charge in [-0.3, -0.25) is 14.5 Å². The number of rotatable bonds is 7. The fraction of sp³-hybridized carbons (Fsp3) is 0.333. The summed E-state index contributed by atoms with van der Waals surface area (Å²) in [6.07, 6.45) is 0.542. The molecule has 0 spiro atoms. The van der Waals surface area contributed by atoms with E-state index in [4.69, 9.17) is 9.47 Å². The zero-order chi connectivity index (χ0) is 18.1. The molecule has 26 heavy (non-hydrogen) atoms. The van der Waals surface area contributed by atoms with Crippen molar-refractivity contribution in [3.8, 4) is 0 Å². The number of hydrogen-bond acceptors (Lipinski definition) is 4. The van der Waals surface area contributed by atoms with Gasteiger partial charge in [0.2, 0.25) is 0 Å². The number of nitrogens with zero attached hydrogens (tertiary/aromatic N) is 1. The van der Waals surface area contributed by atoms with Crippen molar-refractivity contribution in [3.63, 3.8) is 0 Å². The topological polar surface area (TPSA) is 59.1 Å².